The van der Waals surface area contributed by atoms with E-state index in [0.717, 1.165) is 27.7 Å². The summed E-state index contributed by atoms with van der Waals surface area (Å²) < 4.78 is 61.8. The minimum Gasteiger partial charge on any atom is -0.463 e. The molecule has 1 fully saturated rings. The molecular formula is C15H23O14PS. The molecule has 0 amide bonds. The summed E-state index contributed by atoms with van der Waals surface area (Å²) in [5, 5.41) is 0. The van der Waals surface area contributed by atoms with Gasteiger partial charge in [0.05, 0.1) is 0 Å². The third-order valence-corrected chi connectivity index (χ3v) is 7.52. The normalized spacial score (nSPS) is 26.5. The number of carbonyl (C=O) groups excluding carboxylic acids is 4. The lowest BCUT2D eigenvalue weighted by Crippen LogP contribution is -2.64. The van der Waals surface area contributed by atoms with E-state index >= 15 is 0 Å². The van der Waals surface area contributed by atoms with Crippen molar-refractivity contribution in [2.24, 2.45) is 0 Å². The molecule has 0 unspecified atom stereocenters. The van der Waals surface area contributed by atoms with Crippen molar-refractivity contribution in [3.05, 3.63) is 0 Å². The number of rotatable bonds is 8. The van der Waals surface area contributed by atoms with Gasteiger partial charge in [0.2, 0.25) is 5.44 Å². The largest absolute Gasteiger partial charge is 0.463 e. The molecule has 0 saturated carbocycles. The van der Waals surface area contributed by atoms with Crippen molar-refractivity contribution in [1.82, 2.24) is 0 Å². The minimum atomic E-state index is -5.14. The highest BCUT2D eigenvalue weighted by Crippen LogP contribution is 2.40. The van der Waals surface area contributed by atoms with E-state index in [9.17, 15) is 32.2 Å². The third-order valence-electron chi connectivity index (χ3n) is 3.65. The molecule has 1 aliphatic heterocycles. The molecule has 0 aromatic heterocycles. The first kappa shape index (κ1) is 27.0. The summed E-state index contributed by atoms with van der Waals surface area (Å²) in [7, 11) is -10.0. The van der Waals surface area contributed by atoms with Gasteiger partial charge in [0.25, 0.3) is 0 Å². The van der Waals surface area contributed by atoms with Crippen molar-refractivity contribution in [2.75, 3.05) is 12.1 Å². The molecule has 0 bridgehead atoms. The molecule has 1 saturated heterocycles. The first-order valence-corrected chi connectivity index (χ1v) is 12.1. The highest BCUT2D eigenvalue weighted by Gasteiger charge is 2.56. The molecule has 0 aromatic rings. The Bertz CT molecular complexity index is 861. The second-order valence-corrected chi connectivity index (χ2v) is 10.7. The molecular weight excluding hydrogens is 467 g/mol. The van der Waals surface area contributed by atoms with Crippen LogP contribution < -0.4 is 0 Å². The molecule has 2 N–H and O–H groups in total. The van der Waals surface area contributed by atoms with Crippen LogP contribution in [0.2, 0.25) is 0 Å². The lowest BCUT2D eigenvalue weighted by Gasteiger charge is -2.43. The molecule has 0 aliphatic carbocycles. The Morgan fingerprint density at radius 3 is 1.71 bits per heavy atom. The van der Waals surface area contributed by atoms with E-state index in [4.69, 9.17) is 33.5 Å². The van der Waals surface area contributed by atoms with Crippen LogP contribution in [0.3, 0.4) is 0 Å². The fourth-order valence-electron chi connectivity index (χ4n) is 2.79. The van der Waals surface area contributed by atoms with Gasteiger partial charge >= 0.3 is 31.5 Å². The maximum atomic E-state index is 12.7. The Kier molecular flexibility index (Phi) is 9.14. The predicted octanol–water partition coefficient (Wildman–Crippen LogP) is -1.38. The van der Waals surface area contributed by atoms with E-state index < -0.39 is 83.3 Å². The van der Waals surface area contributed by atoms with Crippen molar-refractivity contribution in [1.29, 1.82) is 0 Å². The molecule has 0 spiro atoms. The molecule has 1 rings (SSSR count). The Morgan fingerprint density at radius 1 is 0.839 bits per heavy atom. The average Bonchev–Trinajstić information content (AvgIpc) is 2.53. The van der Waals surface area contributed by atoms with E-state index in [2.05, 4.69) is 0 Å². The van der Waals surface area contributed by atoms with Crippen LogP contribution in [-0.2, 0) is 57.3 Å². The lowest BCUT2D eigenvalue weighted by atomic mass is 9.99. The minimum absolute atomic E-state index is 0.681. The second kappa shape index (κ2) is 10.5. The summed E-state index contributed by atoms with van der Waals surface area (Å²) in [5.41, 5.74) is -3.94. The lowest BCUT2D eigenvalue weighted by molar-refractivity contribution is -0.238. The van der Waals surface area contributed by atoms with E-state index in [1.165, 1.54) is 0 Å². The van der Waals surface area contributed by atoms with Crippen LogP contribution >= 0.6 is 7.60 Å². The van der Waals surface area contributed by atoms with Crippen LogP contribution in [0.4, 0.5) is 0 Å². The molecule has 0 aromatic carbocycles. The smallest absolute Gasteiger partial charge is 0.340 e. The second-order valence-electron chi connectivity index (χ2n) is 6.52. The fraction of sp³-hybridized carbons (Fsp3) is 0.733. The van der Waals surface area contributed by atoms with Crippen molar-refractivity contribution in [3.63, 3.8) is 0 Å². The van der Waals surface area contributed by atoms with Gasteiger partial charge in [-0.1, -0.05) is 0 Å². The molecule has 5 atom stereocenters. The van der Waals surface area contributed by atoms with Gasteiger partial charge in [0, 0.05) is 27.7 Å². The van der Waals surface area contributed by atoms with Crippen molar-refractivity contribution in [3.8, 4) is 0 Å². The monoisotopic (exact) mass is 490 g/mol. The van der Waals surface area contributed by atoms with E-state index in [1.54, 1.807) is 0 Å². The molecule has 31 heavy (non-hydrogen) atoms. The van der Waals surface area contributed by atoms with E-state index in [1.807, 2.05) is 0 Å². The Labute approximate surface area is 177 Å². The highest BCUT2D eigenvalue weighted by atomic mass is 32.2. The number of hydrogen-bond acceptors (Lipinski definition) is 12. The van der Waals surface area contributed by atoms with Gasteiger partial charge in [-0.15, -0.1) is 0 Å². The van der Waals surface area contributed by atoms with Gasteiger partial charge in [0.1, 0.15) is 12.7 Å². The Balaban J connectivity index is 3.56. The van der Waals surface area contributed by atoms with E-state index in [0.29, 0.717) is 0 Å². The summed E-state index contributed by atoms with van der Waals surface area (Å²) in [6, 6.07) is 0. The predicted molar refractivity (Wildman–Crippen MR) is 97.8 cm³/mol. The molecule has 14 nitrogen and oxygen atoms in total. The van der Waals surface area contributed by atoms with Gasteiger partial charge in [-0.25, -0.2) is 8.42 Å². The van der Waals surface area contributed by atoms with Crippen LogP contribution in [0.25, 0.3) is 0 Å². The standard InChI is InChI=1S/C15H23O14PS/c1-7(16)25-5-11-12(26-8(2)17)13(27-9(3)18)14(28-10(4)19)15(29-11)31(23,24)6-30(20,21)22/h11-15H,5-6H2,1-4H3,(H2,20,21,22)/t11-,12-,13+,14-,15+/m1/s1. The highest BCUT2D eigenvalue weighted by molar-refractivity contribution is 7.97. The SMILES string of the molecule is CC(=O)OC[C@H]1O[C@@H](S(=O)(=O)CP(=O)(O)O)[C@H](OC(C)=O)[C@@H](OC(C)=O)[C@@H]1OC(C)=O. The zero-order valence-electron chi connectivity index (χ0n) is 16.9. The number of carbonyl (C=O) groups is 4. The maximum Gasteiger partial charge on any atom is 0.340 e. The summed E-state index contributed by atoms with van der Waals surface area (Å²) in [6.07, 6.45) is -6.88. The molecule has 16 heteroatoms. The number of esters is 4. The third kappa shape index (κ3) is 8.53. The Hall–Kier alpha value is -2.06. The van der Waals surface area contributed by atoms with Crippen LogP contribution in [0.5, 0.6) is 0 Å². The van der Waals surface area contributed by atoms with Gasteiger partial charge in [-0.05, 0) is 0 Å². The van der Waals surface area contributed by atoms with Gasteiger partial charge in [0.15, 0.2) is 33.6 Å². The molecule has 1 heterocycles. The van der Waals surface area contributed by atoms with Gasteiger partial charge in [-0.3, -0.25) is 23.7 Å². The topological polar surface area (TPSA) is 206 Å². The van der Waals surface area contributed by atoms with Gasteiger partial charge in [-0.2, -0.15) is 0 Å². The zero-order valence-corrected chi connectivity index (χ0v) is 18.7. The number of ether oxygens (including phenoxy) is 5. The summed E-state index contributed by atoms with van der Waals surface area (Å²) in [5.74, 6) is -3.77. The summed E-state index contributed by atoms with van der Waals surface area (Å²) in [6.45, 7) is 3.15. The van der Waals surface area contributed by atoms with Crippen molar-refractivity contribution in [2.45, 2.75) is 57.5 Å². The van der Waals surface area contributed by atoms with E-state index in [-0.39, 0.29) is 0 Å². The van der Waals surface area contributed by atoms with Crippen molar-refractivity contribution >= 4 is 41.3 Å². The first-order chi connectivity index (χ1) is 14.0. The van der Waals surface area contributed by atoms with Crippen LogP contribution in [0.1, 0.15) is 27.7 Å². The molecule has 178 valence electrons. The summed E-state index contributed by atoms with van der Waals surface area (Å²) >= 11 is 0. The zero-order chi connectivity index (χ0) is 24.1. The molecule has 0 radical (unpaired) electrons. The van der Waals surface area contributed by atoms with Crippen LogP contribution in [-0.4, -0.2) is 84.0 Å². The molecule has 1 aliphatic rings. The van der Waals surface area contributed by atoms with Crippen LogP contribution in [0.15, 0.2) is 0 Å². The average molecular weight is 490 g/mol. The van der Waals surface area contributed by atoms with Gasteiger partial charge < -0.3 is 33.5 Å². The fourth-order valence-corrected chi connectivity index (χ4v) is 6.18. The van der Waals surface area contributed by atoms with Crippen LogP contribution in [0, 0.1) is 0 Å². The number of hydrogen-bond donors (Lipinski definition) is 2. The first-order valence-electron chi connectivity index (χ1n) is 8.60. The number of sulfone groups is 1. The van der Waals surface area contributed by atoms with Crippen molar-refractivity contribution < 1.29 is 65.6 Å². The quantitative estimate of drug-likeness (QED) is 0.228. The Morgan fingerprint density at radius 2 is 1.29 bits per heavy atom. The summed E-state index contributed by atoms with van der Waals surface area (Å²) in [4.78, 5) is 64.2. The maximum absolute atomic E-state index is 12.7.